The maximum absolute atomic E-state index is 12.0. The third-order valence-corrected chi connectivity index (χ3v) is 4.18. The Morgan fingerprint density at radius 1 is 1.29 bits per heavy atom. The highest BCUT2D eigenvalue weighted by Gasteiger charge is 2.09. The quantitative estimate of drug-likeness (QED) is 0.724. The first-order valence-corrected chi connectivity index (χ1v) is 8.05. The molecular weight excluding hydrogens is 306 g/mol. The highest BCUT2D eigenvalue weighted by atomic mass is 35.5. The summed E-state index contributed by atoms with van der Waals surface area (Å²) in [5, 5.41) is 2.68. The molecule has 0 N–H and O–H groups in total. The van der Waals surface area contributed by atoms with Gasteiger partial charge in [0.2, 0.25) is 5.91 Å². The van der Waals surface area contributed by atoms with E-state index in [1.54, 1.807) is 28.4 Å². The smallest absolute Gasteiger partial charge is 0.227 e. The number of thiophene rings is 1. The number of benzene rings is 1. The van der Waals surface area contributed by atoms with Gasteiger partial charge in [-0.15, -0.1) is 11.3 Å². The SMILES string of the molecule is CN(CCCOc1ccc(Cl)cc1)C(=O)Cc1cccs1. The van der Waals surface area contributed by atoms with Gasteiger partial charge in [0.15, 0.2) is 0 Å². The molecule has 21 heavy (non-hydrogen) atoms. The van der Waals surface area contributed by atoms with E-state index in [0.717, 1.165) is 17.0 Å². The molecular formula is C16H18ClNO2S. The third-order valence-electron chi connectivity index (χ3n) is 3.05. The van der Waals surface area contributed by atoms with Crippen molar-refractivity contribution in [2.45, 2.75) is 12.8 Å². The van der Waals surface area contributed by atoms with E-state index >= 15 is 0 Å². The Hall–Kier alpha value is -1.52. The summed E-state index contributed by atoms with van der Waals surface area (Å²) in [5.41, 5.74) is 0. The first-order chi connectivity index (χ1) is 10.1. The molecule has 0 aliphatic heterocycles. The van der Waals surface area contributed by atoms with Gasteiger partial charge in [-0.05, 0) is 42.1 Å². The van der Waals surface area contributed by atoms with Crippen LogP contribution in [-0.4, -0.2) is 31.0 Å². The summed E-state index contributed by atoms with van der Waals surface area (Å²) >= 11 is 7.42. The van der Waals surface area contributed by atoms with Gasteiger partial charge in [0.05, 0.1) is 13.0 Å². The maximum Gasteiger partial charge on any atom is 0.227 e. The first-order valence-electron chi connectivity index (χ1n) is 6.80. The number of carbonyl (C=O) groups is 1. The van der Waals surface area contributed by atoms with Gasteiger partial charge in [-0.2, -0.15) is 0 Å². The average Bonchev–Trinajstić information content (AvgIpc) is 2.98. The van der Waals surface area contributed by atoms with Gasteiger partial charge < -0.3 is 9.64 Å². The minimum atomic E-state index is 0.143. The summed E-state index contributed by atoms with van der Waals surface area (Å²) in [5.74, 6) is 0.941. The van der Waals surface area contributed by atoms with Crippen molar-refractivity contribution >= 4 is 28.8 Å². The Morgan fingerprint density at radius 3 is 2.71 bits per heavy atom. The number of halogens is 1. The summed E-state index contributed by atoms with van der Waals surface area (Å²) in [6.45, 7) is 1.27. The molecule has 5 heteroatoms. The molecule has 1 heterocycles. The van der Waals surface area contributed by atoms with Gasteiger partial charge in [0.1, 0.15) is 5.75 Å². The molecule has 0 unspecified atom stereocenters. The number of hydrogen-bond acceptors (Lipinski definition) is 3. The third kappa shape index (κ3) is 5.40. The van der Waals surface area contributed by atoms with E-state index in [1.807, 2.05) is 36.7 Å². The highest BCUT2D eigenvalue weighted by Crippen LogP contribution is 2.15. The normalized spacial score (nSPS) is 10.4. The fourth-order valence-electron chi connectivity index (χ4n) is 1.84. The van der Waals surface area contributed by atoms with Gasteiger partial charge >= 0.3 is 0 Å². The second-order valence-electron chi connectivity index (χ2n) is 4.73. The molecule has 1 aromatic carbocycles. The Balaban J connectivity index is 1.65. The second-order valence-corrected chi connectivity index (χ2v) is 6.20. The molecule has 2 aromatic rings. The predicted octanol–water partition coefficient (Wildman–Crippen LogP) is 3.87. The fourth-order valence-corrected chi connectivity index (χ4v) is 2.67. The number of likely N-dealkylation sites (N-methyl/N-ethyl adjacent to an activating group) is 1. The van der Waals surface area contributed by atoms with Crippen LogP contribution in [0.3, 0.4) is 0 Å². The number of hydrogen-bond donors (Lipinski definition) is 0. The van der Waals surface area contributed by atoms with Crippen molar-refractivity contribution in [1.29, 1.82) is 0 Å². The van der Waals surface area contributed by atoms with E-state index in [4.69, 9.17) is 16.3 Å². The number of carbonyl (C=O) groups excluding carboxylic acids is 1. The molecule has 0 bridgehead atoms. The average molecular weight is 324 g/mol. The van der Waals surface area contributed by atoms with Crippen LogP contribution in [0.25, 0.3) is 0 Å². The second kappa shape index (κ2) is 8.05. The van der Waals surface area contributed by atoms with Crippen molar-refractivity contribution in [2.24, 2.45) is 0 Å². The highest BCUT2D eigenvalue weighted by molar-refractivity contribution is 7.10. The largest absolute Gasteiger partial charge is 0.494 e. The molecule has 0 fully saturated rings. The molecule has 1 aromatic heterocycles. The minimum Gasteiger partial charge on any atom is -0.494 e. The fraction of sp³-hybridized carbons (Fsp3) is 0.312. The van der Waals surface area contributed by atoms with Gasteiger partial charge in [0.25, 0.3) is 0 Å². The van der Waals surface area contributed by atoms with Crippen LogP contribution in [0.5, 0.6) is 5.75 Å². The number of ether oxygens (including phenoxy) is 1. The van der Waals surface area contributed by atoms with E-state index < -0.39 is 0 Å². The summed E-state index contributed by atoms with van der Waals surface area (Å²) in [4.78, 5) is 14.8. The number of nitrogens with zero attached hydrogens (tertiary/aromatic N) is 1. The molecule has 0 spiro atoms. The zero-order valence-corrected chi connectivity index (χ0v) is 13.5. The zero-order chi connectivity index (χ0) is 15.1. The molecule has 3 nitrogen and oxygen atoms in total. The lowest BCUT2D eigenvalue weighted by Gasteiger charge is -2.17. The van der Waals surface area contributed by atoms with Crippen LogP contribution in [-0.2, 0) is 11.2 Å². The molecule has 0 atom stereocenters. The van der Waals surface area contributed by atoms with E-state index in [-0.39, 0.29) is 5.91 Å². The van der Waals surface area contributed by atoms with Gasteiger partial charge in [-0.3, -0.25) is 4.79 Å². The van der Waals surface area contributed by atoms with Crippen LogP contribution in [0.1, 0.15) is 11.3 Å². The Kier molecular flexibility index (Phi) is 6.08. The molecule has 1 amide bonds. The lowest BCUT2D eigenvalue weighted by molar-refractivity contribution is -0.129. The van der Waals surface area contributed by atoms with Crippen LogP contribution >= 0.6 is 22.9 Å². The lowest BCUT2D eigenvalue weighted by atomic mass is 10.3. The van der Waals surface area contributed by atoms with Crippen molar-refractivity contribution in [2.75, 3.05) is 20.2 Å². The van der Waals surface area contributed by atoms with E-state index in [1.165, 1.54) is 0 Å². The first kappa shape index (κ1) is 15.9. The zero-order valence-electron chi connectivity index (χ0n) is 11.9. The summed E-state index contributed by atoms with van der Waals surface area (Å²) in [7, 11) is 1.83. The molecule has 0 aliphatic carbocycles. The van der Waals surface area contributed by atoms with E-state index in [0.29, 0.717) is 24.6 Å². The van der Waals surface area contributed by atoms with Gasteiger partial charge in [-0.1, -0.05) is 17.7 Å². The van der Waals surface area contributed by atoms with Crippen LogP contribution in [0, 0.1) is 0 Å². The van der Waals surface area contributed by atoms with Crippen LogP contribution in [0.2, 0.25) is 5.02 Å². The molecule has 0 saturated carbocycles. The van der Waals surface area contributed by atoms with Crippen molar-refractivity contribution in [3.8, 4) is 5.75 Å². The number of amides is 1. The van der Waals surface area contributed by atoms with Crippen LogP contribution in [0.15, 0.2) is 41.8 Å². The van der Waals surface area contributed by atoms with Gasteiger partial charge in [0, 0.05) is 23.5 Å². The lowest BCUT2D eigenvalue weighted by Crippen LogP contribution is -2.29. The van der Waals surface area contributed by atoms with Crippen molar-refractivity contribution in [3.63, 3.8) is 0 Å². The van der Waals surface area contributed by atoms with Crippen molar-refractivity contribution in [3.05, 3.63) is 51.7 Å². The van der Waals surface area contributed by atoms with E-state index in [2.05, 4.69) is 0 Å². The van der Waals surface area contributed by atoms with E-state index in [9.17, 15) is 4.79 Å². The Bertz CT molecular complexity index is 554. The van der Waals surface area contributed by atoms with Crippen LogP contribution in [0.4, 0.5) is 0 Å². The number of rotatable bonds is 7. The Labute approximate surface area is 134 Å². The molecule has 0 aliphatic rings. The molecule has 2 rings (SSSR count). The standard InChI is InChI=1S/C16H18ClNO2S/c1-18(16(19)12-15-4-2-11-21-15)9-3-10-20-14-7-5-13(17)6-8-14/h2,4-8,11H,3,9-10,12H2,1H3. The molecule has 0 saturated heterocycles. The summed E-state index contributed by atoms with van der Waals surface area (Å²) in [6, 6.07) is 11.2. The predicted molar refractivity (Wildman–Crippen MR) is 87.2 cm³/mol. The molecule has 0 radical (unpaired) electrons. The summed E-state index contributed by atoms with van der Waals surface area (Å²) < 4.78 is 5.60. The van der Waals surface area contributed by atoms with Crippen molar-refractivity contribution < 1.29 is 9.53 Å². The van der Waals surface area contributed by atoms with Gasteiger partial charge in [-0.25, -0.2) is 0 Å². The summed E-state index contributed by atoms with van der Waals surface area (Å²) in [6.07, 6.45) is 1.28. The minimum absolute atomic E-state index is 0.143. The Morgan fingerprint density at radius 2 is 2.05 bits per heavy atom. The van der Waals surface area contributed by atoms with Crippen molar-refractivity contribution in [1.82, 2.24) is 4.90 Å². The molecule has 112 valence electrons. The van der Waals surface area contributed by atoms with Crippen LogP contribution < -0.4 is 4.74 Å². The maximum atomic E-state index is 12.0. The topological polar surface area (TPSA) is 29.5 Å². The monoisotopic (exact) mass is 323 g/mol.